The molecule has 0 radical (unpaired) electrons. The molecule has 0 aliphatic rings. The molecule has 0 aliphatic heterocycles. The van der Waals surface area contributed by atoms with Gasteiger partial charge in [0.15, 0.2) is 5.69 Å². The molecule has 1 aromatic heterocycles. The van der Waals surface area contributed by atoms with E-state index in [2.05, 4.69) is 25.3 Å². The lowest BCUT2D eigenvalue weighted by molar-refractivity contribution is -0.274. The van der Waals surface area contributed by atoms with Gasteiger partial charge in [-0.15, -0.1) is 13.2 Å². The van der Waals surface area contributed by atoms with E-state index in [1.165, 1.54) is 6.92 Å². The van der Waals surface area contributed by atoms with Crippen molar-refractivity contribution in [3.63, 3.8) is 0 Å². The van der Waals surface area contributed by atoms with Crippen LogP contribution in [-0.4, -0.2) is 34.0 Å². The number of nitrogens with one attached hydrogen (secondary N) is 2. The summed E-state index contributed by atoms with van der Waals surface area (Å²) in [5.41, 5.74) is -0.952. The van der Waals surface area contributed by atoms with E-state index in [0.29, 0.717) is 6.07 Å². The number of carbonyl (C=O) groups is 1. The van der Waals surface area contributed by atoms with Crippen LogP contribution in [0.25, 0.3) is 0 Å². The van der Waals surface area contributed by atoms with Crippen LogP contribution in [0.4, 0.5) is 43.8 Å². The molecule has 1 heterocycles. The van der Waals surface area contributed by atoms with E-state index in [1.807, 2.05) is 0 Å². The maximum absolute atomic E-state index is 13.0. The van der Waals surface area contributed by atoms with Crippen molar-refractivity contribution in [1.82, 2.24) is 9.97 Å². The molecule has 0 aliphatic carbocycles. The zero-order valence-electron chi connectivity index (χ0n) is 13.9. The average Bonchev–Trinajstić information content (AvgIpc) is 2.53. The molecule has 152 valence electrons. The summed E-state index contributed by atoms with van der Waals surface area (Å²) < 4.78 is 79.4. The molecule has 0 atom stereocenters. The minimum atomic E-state index is -4.89. The first-order valence-electron chi connectivity index (χ1n) is 7.39. The minimum absolute atomic E-state index is 0.158. The Morgan fingerprint density at radius 3 is 2.36 bits per heavy atom. The number of aliphatic carboxylic acids is 1. The van der Waals surface area contributed by atoms with Crippen molar-refractivity contribution in [3.05, 3.63) is 35.5 Å². The summed E-state index contributed by atoms with van der Waals surface area (Å²) in [6.07, 6.45) is -9.72. The van der Waals surface area contributed by atoms with Gasteiger partial charge in [0.25, 0.3) is 0 Å². The first kappa shape index (κ1) is 21.1. The van der Waals surface area contributed by atoms with Crippen LogP contribution in [0.3, 0.4) is 0 Å². The van der Waals surface area contributed by atoms with Crippen molar-refractivity contribution in [3.8, 4) is 5.75 Å². The number of carboxylic acids is 1. The average molecular weight is 410 g/mol. The zero-order valence-corrected chi connectivity index (χ0v) is 13.9. The highest BCUT2D eigenvalue weighted by Crippen LogP contribution is 2.32. The number of rotatable bonds is 6. The zero-order chi connectivity index (χ0) is 21.1. The Morgan fingerprint density at radius 1 is 1.14 bits per heavy atom. The molecule has 0 fully saturated rings. The number of carboxylic acid groups (broad SMARTS) is 1. The summed E-state index contributed by atoms with van der Waals surface area (Å²) in [6, 6.07) is 3.74. The normalized spacial score (nSPS) is 11.8. The largest absolute Gasteiger partial charge is 0.573 e. The van der Waals surface area contributed by atoms with Crippen LogP contribution < -0.4 is 15.4 Å². The van der Waals surface area contributed by atoms with Crippen LogP contribution >= 0.6 is 0 Å². The molecule has 28 heavy (non-hydrogen) atoms. The third-order valence-corrected chi connectivity index (χ3v) is 3.11. The van der Waals surface area contributed by atoms with Gasteiger partial charge in [-0.25, -0.2) is 4.98 Å². The summed E-state index contributed by atoms with van der Waals surface area (Å²) in [5.74, 6) is -2.78. The maximum Gasteiger partial charge on any atom is 0.573 e. The standard InChI is InChI=1S/C15H12F6N4O3/c1-7-4-8(28-15(19,20)21)2-3-9(7)23-11-5-10(14(16,17)18)24-13(25-11)22-6-12(26)27/h2-5H,6H2,1H3,(H,26,27)(H2,22,23,24,25). The van der Waals surface area contributed by atoms with E-state index >= 15 is 0 Å². The van der Waals surface area contributed by atoms with Crippen LogP contribution in [0.15, 0.2) is 24.3 Å². The number of anilines is 3. The molecule has 7 nitrogen and oxygen atoms in total. The third kappa shape index (κ3) is 6.17. The van der Waals surface area contributed by atoms with E-state index in [-0.39, 0.29) is 17.1 Å². The molecule has 13 heteroatoms. The number of hydrogen-bond acceptors (Lipinski definition) is 6. The molecular weight excluding hydrogens is 398 g/mol. The number of aromatic nitrogens is 2. The smallest absolute Gasteiger partial charge is 0.480 e. The van der Waals surface area contributed by atoms with Crippen molar-refractivity contribution in [2.24, 2.45) is 0 Å². The van der Waals surface area contributed by atoms with Gasteiger partial charge in [-0.1, -0.05) is 0 Å². The van der Waals surface area contributed by atoms with Gasteiger partial charge in [-0.3, -0.25) is 4.79 Å². The van der Waals surface area contributed by atoms with Gasteiger partial charge in [-0.05, 0) is 30.7 Å². The lowest BCUT2D eigenvalue weighted by atomic mass is 10.2. The van der Waals surface area contributed by atoms with Crippen molar-refractivity contribution in [2.45, 2.75) is 19.5 Å². The van der Waals surface area contributed by atoms with Crippen LogP contribution in [0, 0.1) is 6.92 Å². The lowest BCUT2D eigenvalue weighted by Gasteiger charge is -2.15. The first-order valence-corrected chi connectivity index (χ1v) is 7.39. The molecule has 0 unspecified atom stereocenters. The van der Waals surface area contributed by atoms with E-state index < -0.39 is 42.4 Å². The van der Waals surface area contributed by atoms with Gasteiger partial charge in [0.1, 0.15) is 18.1 Å². The van der Waals surface area contributed by atoms with Gasteiger partial charge in [0.05, 0.1) is 0 Å². The van der Waals surface area contributed by atoms with E-state index in [4.69, 9.17) is 5.11 Å². The third-order valence-electron chi connectivity index (χ3n) is 3.11. The Morgan fingerprint density at radius 2 is 1.82 bits per heavy atom. The minimum Gasteiger partial charge on any atom is -0.480 e. The summed E-state index contributed by atoms with van der Waals surface area (Å²) in [7, 11) is 0. The Bertz CT molecular complexity index is 870. The predicted molar refractivity (Wildman–Crippen MR) is 84.3 cm³/mol. The molecule has 2 aromatic rings. The monoisotopic (exact) mass is 410 g/mol. The summed E-state index contributed by atoms with van der Waals surface area (Å²) in [4.78, 5) is 17.5. The highest BCUT2D eigenvalue weighted by atomic mass is 19.4. The molecule has 0 spiro atoms. The summed E-state index contributed by atoms with van der Waals surface area (Å²) in [5, 5.41) is 13.3. The molecule has 0 saturated heterocycles. The fraction of sp³-hybridized carbons (Fsp3) is 0.267. The number of benzene rings is 1. The highest BCUT2D eigenvalue weighted by molar-refractivity contribution is 5.72. The van der Waals surface area contributed by atoms with Crippen molar-refractivity contribution >= 4 is 23.4 Å². The molecule has 0 amide bonds. The maximum atomic E-state index is 13.0. The van der Waals surface area contributed by atoms with Gasteiger partial charge >= 0.3 is 18.5 Å². The molecular formula is C15H12F6N4O3. The molecule has 3 N–H and O–H groups in total. The Balaban J connectivity index is 2.31. The van der Waals surface area contributed by atoms with Crippen LogP contribution in [0.5, 0.6) is 5.75 Å². The number of ether oxygens (including phenoxy) is 1. The Labute approximate surface area is 153 Å². The first-order chi connectivity index (χ1) is 12.8. The number of hydrogen-bond donors (Lipinski definition) is 3. The highest BCUT2D eigenvalue weighted by Gasteiger charge is 2.34. The molecule has 0 saturated carbocycles. The second-order valence-electron chi connectivity index (χ2n) is 5.36. The van der Waals surface area contributed by atoms with Crippen molar-refractivity contribution in [1.29, 1.82) is 0 Å². The summed E-state index contributed by atoms with van der Waals surface area (Å²) >= 11 is 0. The van der Waals surface area contributed by atoms with Gasteiger partial charge in [0, 0.05) is 11.8 Å². The van der Waals surface area contributed by atoms with Gasteiger partial charge in [-0.2, -0.15) is 18.2 Å². The SMILES string of the molecule is Cc1cc(OC(F)(F)F)ccc1Nc1cc(C(F)(F)F)nc(NCC(=O)O)n1. The Hall–Kier alpha value is -3.25. The van der Waals surface area contributed by atoms with Gasteiger partial charge < -0.3 is 20.5 Å². The van der Waals surface area contributed by atoms with Crippen molar-refractivity contribution < 1.29 is 41.0 Å². The topological polar surface area (TPSA) is 96.4 Å². The molecule has 2 rings (SSSR count). The quantitative estimate of drug-likeness (QED) is 0.621. The van der Waals surface area contributed by atoms with Crippen LogP contribution in [-0.2, 0) is 11.0 Å². The van der Waals surface area contributed by atoms with Crippen LogP contribution in [0.2, 0.25) is 0 Å². The lowest BCUT2D eigenvalue weighted by Crippen LogP contribution is -2.18. The van der Waals surface area contributed by atoms with Crippen molar-refractivity contribution in [2.75, 3.05) is 17.2 Å². The number of halogens is 6. The van der Waals surface area contributed by atoms with Gasteiger partial charge in [0.2, 0.25) is 5.95 Å². The fourth-order valence-corrected chi connectivity index (χ4v) is 2.00. The molecule has 1 aromatic carbocycles. The predicted octanol–water partition coefficient (Wildman–Crippen LogP) is 3.94. The number of alkyl halides is 6. The Kier molecular flexibility index (Phi) is 5.85. The fourth-order valence-electron chi connectivity index (χ4n) is 2.00. The number of aryl methyl sites for hydroxylation is 1. The second-order valence-corrected chi connectivity index (χ2v) is 5.36. The van der Waals surface area contributed by atoms with Crippen LogP contribution in [0.1, 0.15) is 11.3 Å². The summed E-state index contributed by atoms with van der Waals surface area (Å²) in [6.45, 7) is 0.685. The number of nitrogens with zero attached hydrogens (tertiary/aromatic N) is 2. The van der Waals surface area contributed by atoms with E-state index in [1.54, 1.807) is 0 Å². The second kappa shape index (κ2) is 7.78. The molecule has 0 bridgehead atoms. The van der Waals surface area contributed by atoms with E-state index in [0.717, 1.165) is 18.2 Å². The van der Waals surface area contributed by atoms with E-state index in [9.17, 15) is 31.1 Å².